The van der Waals surface area contributed by atoms with E-state index in [2.05, 4.69) is 6.92 Å². The van der Waals surface area contributed by atoms with Gasteiger partial charge in [0.15, 0.2) is 0 Å². The Morgan fingerprint density at radius 1 is 1.24 bits per heavy atom. The lowest BCUT2D eigenvalue weighted by Crippen LogP contribution is -2.37. The highest BCUT2D eigenvalue weighted by Crippen LogP contribution is 2.25. The number of thioether (sulfide) groups is 1. The van der Waals surface area contributed by atoms with Crippen LogP contribution in [0.2, 0.25) is 0 Å². The van der Waals surface area contributed by atoms with Gasteiger partial charge in [0, 0.05) is 12.3 Å². The number of nitrogens with two attached hydrogens (primary N) is 1. The first-order chi connectivity index (χ1) is 8.23. The molecule has 0 bridgehead atoms. The quantitative estimate of drug-likeness (QED) is 0.700. The van der Waals surface area contributed by atoms with Gasteiger partial charge in [-0.1, -0.05) is 50.1 Å². The molecule has 1 unspecified atom stereocenters. The average Bonchev–Trinajstić information content (AvgIpc) is 2.39. The number of hydrogen-bond acceptors (Lipinski definition) is 3. The molecule has 1 rings (SSSR count). The van der Waals surface area contributed by atoms with Crippen molar-refractivity contribution >= 4 is 11.8 Å². The second kappa shape index (κ2) is 7.75. The van der Waals surface area contributed by atoms with Crippen LogP contribution in [0.3, 0.4) is 0 Å². The number of benzene rings is 1. The van der Waals surface area contributed by atoms with Gasteiger partial charge >= 0.3 is 0 Å². The van der Waals surface area contributed by atoms with Crippen LogP contribution in [0.25, 0.3) is 0 Å². The van der Waals surface area contributed by atoms with E-state index in [0.29, 0.717) is 5.75 Å². The Labute approximate surface area is 109 Å². The molecule has 0 fully saturated rings. The maximum atomic E-state index is 10.5. The Kier molecular flexibility index (Phi) is 6.63. The SMILES string of the molecule is CCCCCSCC(O)(CN)c1ccccc1. The van der Waals surface area contributed by atoms with Crippen LogP contribution in [0, 0.1) is 0 Å². The molecule has 1 atom stereocenters. The van der Waals surface area contributed by atoms with Crippen molar-refractivity contribution in [2.24, 2.45) is 5.73 Å². The maximum absolute atomic E-state index is 10.5. The van der Waals surface area contributed by atoms with Crippen molar-refractivity contribution in [2.45, 2.75) is 31.8 Å². The topological polar surface area (TPSA) is 46.2 Å². The van der Waals surface area contributed by atoms with Crippen LogP contribution < -0.4 is 5.73 Å². The van der Waals surface area contributed by atoms with Crippen LogP contribution in [0.4, 0.5) is 0 Å². The van der Waals surface area contributed by atoms with Gasteiger partial charge in [-0.05, 0) is 17.7 Å². The van der Waals surface area contributed by atoms with Crippen LogP contribution in [0.5, 0.6) is 0 Å². The molecule has 1 aromatic carbocycles. The number of hydrogen-bond donors (Lipinski definition) is 2. The van der Waals surface area contributed by atoms with Crippen LogP contribution in [-0.4, -0.2) is 23.2 Å². The molecule has 2 nitrogen and oxygen atoms in total. The standard InChI is InChI=1S/C14H23NOS/c1-2-3-7-10-17-12-14(16,11-15)13-8-5-4-6-9-13/h4-6,8-9,16H,2-3,7,10-12,15H2,1H3. The van der Waals surface area contributed by atoms with E-state index >= 15 is 0 Å². The Morgan fingerprint density at radius 3 is 2.53 bits per heavy atom. The normalized spacial score (nSPS) is 14.5. The zero-order chi connectivity index (χ0) is 12.6. The van der Waals surface area contributed by atoms with Gasteiger partial charge in [-0.2, -0.15) is 11.8 Å². The number of rotatable bonds is 8. The van der Waals surface area contributed by atoms with E-state index in [-0.39, 0.29) is 6.54 Å². The van der Waals surface area contributed by atoms with Crippen molar-refractivity contribution in [1.82, 2.24) is 0 Å². The van der Waals surface area contributed by atoms with Crippen LogP contribution in [-0.2, 0) is 5.60 Å². The van der Waals surface area contributed by atoms with Gasteiger partial charge in [-0.25, -0.2) is 0 Å². The monoisotopic (exact) mass is 253 g/mol. The smallest absolute Gasteiger partial charge is 0.111 e. The molecule has 0 aromatic heterocycles. The third-order valence-corrected chi connectivity index (χ3v) is 4.14. The predicted octanol–water partition coefficient (Wildman–Crippen LogP) is 2.76. The fourth-order valence-electron chi connectivity index (χ4n) is 1.70. The molecule has 17 heavy (non-hydrogen) atoms. The molecular weight excluding hydrogens is 230 g/mol. The second-order valence-corrected chi connectivity index (χ2v) is 5.47. The molecule has 0 heterocycles. The molecular formula is C14H23NOS. The fourth-order valence-corrected chi connectivity index (χ4v) is 2.88. The summed E-state index contributed by atoms with van der Waals surface area (Å²) in [6, 6.07) is 9.73. The lowest BCUT2D eigenvalue weighted by Gasteiger charge is -2.26. The Morgan fingerprint density at radius 2 is 1.94 bits per heavy atom. The summed E-state index contributed by atoms with van der Waals surface area (Å²) in [6.45, 7) is 2.47. The number of aliphatic hydroxyl groups is 1. The summed E-state index contributed by atoms with van der Waals surface area (Å²) in [5, 5.41) is 10.5. The Hall–Kier alpha value is -0.510. The molecule has 0 amide bonds. The van der Waals surface area contributed by atoms with E-state index in [1.54, 1.807) is 11.8 Å². The van der Waals surface area contributed by atoms with E-state index in [9.17, 15) is 5.11 Å². The van der Waals surface area contributed by atoms with E-state index < -0.39 is 5.60 Å². The lowest BCUT2D eigenvalue weighted by molar-refractivity contribution is 0.0721. The van der Waals surface area contributed by atoms with Crippen molar-refractivity contribution < 1.29 is 5.11 Å². The minimum absolute atomic E-state index is 0.276. The zero-order valence-corrected chi connectivity index (χ0v) is 11.4. The summed E-state index contributed by atoms with van der Waals surface area (Å²) in [6.07, 6.45) is 3.72. The van der Waals surface area contributed by atoms with Gasteiger partial charge in [-0.15, -0.1) is 0 Å². The number of unbranched alkanes of at least 4 members (excludes halogenated alkanes) is 2. The molecule has 0 saturated heterocycles. The first-order valence-electron chi connectivity index (χ1n) is 6.28. The van der Waals surface area contributed by atoms with Crippen molar-refractivity contribution in [1.29, 1.82) is 0 Å². The Balaban J connectivity index is 2.46. The molecule has 0 radical (unpaired) electrons. The Bertz CT molecular complexity index is 304. The van der Waals surface area contributed by atoms with E-state index in [1.165, 1.54) is 19.3 Å². The summed E-state index contributed by atoms with van der Waals surface area (Å²) in [5.74, 6) is 1.78. The molecule has 96 valence electrons. The van der Waals surface area contributed by atoms with Gasteiger partial charge in [-0.3, -0.25) is 0 Å². The summed E-state index contributed by atoms with van der Waals surface area (Å²) >= 11 is 1.79. The van der Waals surface area contributed by atoms with E-state index in [1.807, 2.05) is 30.3 Å². The molecule has 0 aliphatic rings. The lowest BCUT2D eigenvalue weighted by atomic mass is 9.96. The highest BCUT2D eigenvalue weighted by atomic mass is 32.2. The van der Waals surface area contributed by atoms with Crippen LogP contribution in [0.1, 0.15) is 31.7 Å². The fraction of sp³-hybridized carbons (Fsp3) is 0.571. The van der Waals surface area contributed by atoms with Crippen molar-refractivity contribution in [3.05, 3.63) is 35.9 Å². The average molecular weight is 253 g/mol. The van der Waals surface area contributed by atoms with Gasteiger partial charge in [0.1, 0.15) is 5.60 Å². The summed E-state index contributed by atoms with van der Waals surface area (Å²) < 4.78 is 0. The second-order valence-electron chi connectivity index (χ2n) is 4.36. The van der Waals surface area contributed by atoms with Crippen molar-refractivity contribution in [3.8, 4) is 0 Å². The first-order valence-corrected chi connectivity index (χ1v) is 7.44. The van der Waals surface area contributed by atoms with Crippen LogP contribution in [0.15, 0.2) is 30.3 Å². The highest BCUT2D eigenvalue weighted by Gasteiger charge is 2.26. The van der Waals surface area contributed by atoms with E-state index in [4.69, 9.17) is 5.73 Å². The predicted molar refractivity (Wildman–Crippen MR) is 76.2 cm³/mol. The van der Waals surface area contributed by atoms with Gasteiger partial charge in [0.05, 0.1) is 0 Å². The third kappa shape index (κ3) is 4.70. The minimum Gasteiger partial charge on any atom is -0.383 e. The third-order valence-electron chi connectivity index (χ3n) is 2.88. The summed E-state index contributed by atoms with van der Waals surface area (Å²) in [4.78, 5) is 0. The van der Waals surface area contributed by atoms with Gasteiger partial charge < -0.3 is 10.8 Å². The zero-order valence-electron chi connectivity index (χ0n) is 10.6. The molecule has 3 N–H and O–H groups in total. The minimum atomic E-state index is -0.877. The molecule has 0 spiro atoms. The van der Waals surface area contributed by atoms with Gasteiger partial charge in [0.25, 0.3) is 0 Å². The molecule has 1 aromatic rings. The summed E-state index contributed by atoms with van der Waals surface area (Å²) in [5.41, 5.74) is 5.76. The first kappa shape index (κ1) is 14.6. The molecule has 0 aliphatic heterocycles. The van der Waals surface area contributed by atoms with Gasteiger partial charge in [0.2, 0.25) is 0 Å². The largest absolute Gasteiger partial charge is 0.383 e. The van der Waals surface area contributed by atoms with E-state index in [0.717, 1.165) is 11.3 Å². The molecule has 3 heteroatoms. The van der Waals surface area contributed by atoms with Crippen LogP contribution >= 0.6 is 11.8 Å². The molecule has 0 aliphatic carbocycles. The van der Waals surface area contributed by atoms with Crippen molar-refractivity contribution in [2.75, 3.05) is 18.1 Å². The maximum Gasteiger partial charge on any atom is 0.111 e. The molecule has 0 saturated carbocycles. The van der Waals surface area contributed by atoms with Crippen molar-refractivity contribution in [3.63, 3.8) is 0 Å². The highest BCUT2D eigenvalue weighted by molar-refractivity contribution is 7.99. The summed E-state index contributed by atoms with van der Waals surface area (Å²) in [7, 11) is 0.